The SMILES string of the molecule is CCNC(COCC(F)(F)C(F)F)c1nccn1C. The molecule has 0 radical (unpaired) electrons. The summed E-state index contributed by atoms with van der Waals surface area (Å²) in [7, 11) is 1.75. The third kappa shape index (κ3) is 4.46. The molecule has 1 N–H and O–H groups in total. The summed E-state index contributed by atoms with van der Waals surface area (Å²) in [6, 6.07) is -0.418. The van der Waals surface area contributed by atoms with Gasteiger partial charge in [0.1, 0.15) is 12.4 Å². The number of ether oxygens (including phenoxy) is 1. The molecule has 1 aromatic heterocycles. The van der Waals surface area contributed by atoms with E-state index in [4.69, 9.17) is 4.74 Å². The van der Waals surface area contributed by atoms with Crippen LogP contribution in [0.25, 0.3) is 0 Å². The van der Waals surface area contributed by atoms with Gasteiger partial charge in [-0.1, -0.05) is 6.92 Å². The van der Waals surface area contributed by atoms with E-state index < -0.39 is 25.0 Å². The minimum absolute atomic E-state index is 0.152. The van der Waals surface area contributed by atoms with Gasteiger partial charge in [0.15, 0.2) is 0 Å². The lowest BCUT2D eigenvalue weighted by Gasteiger charge is -2.20. The summed E-state index contributed by atoms with van der Waals surface area (Å²) in [5, 5.41) is 3.00. The Morgan fingerprint density at radius 3 is 2.63 bits per heavy atom. The zero-order valence-corrected chi connectivity index (χ0v) is 10.7. The van der Waals surface area contributed by atoms with Gasteiger partial charge in [-0.25, -0.2) is 13.8 Å². The Hall–Kier alpha value is -1.15. The van der Waals surface area contributed by atoms with Gasteiger partial charge in [0.05, 0.1) is 12.6 Å². The molecule has 0 amide bonds. The monoisotopic (exact) mass is 283 g/mol. The van der Waals surface area contributed by atoms with E-state index in [0.717, 1.165) is 0 Å². The zero-order chi connectivity index (χ0) is 14.5. The molecule has 1 rings (SSSR count). The molecule has 0 spiro atoms. The normalized spacial score (nSPS) is 14.1. The number of hydrogen-bond donors (Lipinski definition) is 1. The summed E-state index contributed by atoms with van der Waals surface area (Å²) in [4.78, 5) is 4.07. The predicted octanol–water partition coefficient (Wildman–Crippen LogP) is 1.99. The highest BCUT2D eigenvalue weighted by atomic mass is 19.3. The first-order chi connectivity index (χ1) is 8.88. The lowest BCUT2D eigenvalue weighted by molar-refractivity contribution is -0.167. The van der Waals surface area contributed by atoms with E-state index in [2.05, 4.69) is 10.3 Å². The molecule has 0 saturated heterocycles. The average Bonchev–Trinajstić information content (AvgIpc) is 2.74. The highest BCUT2D eigenvalue weighted by Crippen LogP contribution is 2.23. The molecule has 0 saturated carbocycles. The van der Waals surface area contributed by atoms with Gasteiger partial charge in [0, 0.05) is 19.4 Å². The van der Waals surface area contributed by atoms with E-state index in [1.54, 1.807) is 24.0 Å². The maximum atomic E-state index is 12.7. The van der Waals surface area contributed by atoms with Crippen molar-refractivity contribution in [3.05, 3.63) is 18.2 Å². The van der Waals surface area contributed by atoms with Crippen molar-refractivity contribution < 1.29 is 22.3 Å². The van der Waals surface area contributed by atoms with E-state index in [0.29, 0.717) is 12.4 Å². The number of nitrogens with one attached hydrogen (secondary N) is 1. The number of aryl methyl sites for hydroxylation is 1. The standard InChI is InChI=1S/C11H17F4N3O/c1-3-16-8(9-17-4-5-18(9)2)6-19-7-11(14,15)10(12)13/h4-5,8,10,16H,3,6-7H2,1-2H3. The second-order valence-corrected chi connectivity index (χ2v) is 4.08. The maximum Gasteiger partial charge on any atom is 0.330 e. The molecule has 1 unspecified atom stereocenters. The van der Waals surface area contributed by atoms with Crippen molar-refractivity contribution in [1.82, 2.24) is 14.9 Å². The number of nitrogens with zero attached hydrogens (tertiary/aromatic N) is 2. The van der Waals surface area contributed by atoms with E-state index in [1.165, 1.54) is 0 Å². The van der Waals surface area contributed by atoms with Gasteiger partial charge in [0.25, 0.3) is 0 Å². The third-order valence-corrected chi connectivity index (χ3v) is 2.52. The zero-order valence-electron chi connectivity index (χ0n) is 10.7. The van der Waals surface area contributed by atoms with Gasteiger partial charge in [-0.2, -0.15) is 8.78 Å². The van der Waals surface area contributed by atoms with Crippen LogP contribution in [-0.4, -0.2) is 41.7 Å². The van der Waals surface area contributed by atoms with Gasteiger partial charge in [0.2, 0.25) is 0 Å². The highest BCUT2D eigenvalue weighted by Gasteiger charge is 2.41. The molecular weight excluding hydrogens is 266 g/mol. The molecule has 4 nitrogen and oxygen atoms in total. The fraction of sp³-hybridized carbons (Fsp3) is 0.727. The van der Waals surface area contributed by atoms with Crippen molar-refractivity contribution in [2.45, 2.75) is 25.3 Å². The number of halogens is 4. The van der Waals surface area contributed by atoms with Crippen LogP contribution >= 0.6 is 0 Å². The Morgan fingerprint density at radius 2 is 2.16 bits per heavy atom. The van der Waals surface area contributed by atoms with Crippen molar-refractivity contribution in [2.24, 2.45) is 7.05 Å². The summed E-state index contributed by atoms with van der Waals surface area (Å²) < 4.78 is 55.7. The average molecular weight is 283 g/mol. The van der Waals surface area contributed by atoms with Crippen LogP contribution in [0.5, 0.6) is 0 Å². The third-order valence-electron chi connectivity index (χ3n) is 2.52. The van der Waals surface area contributed by atoms with Gasteiger partial charge < -0.3 is 14.6 Å². The largest absolute Gasteiger partial charge is 0.373 e. The smallest absolute Gasteiger partial charge is 0.330 e. The first-order valence-corrected chi connectivity index (χ1v) is 5.82. The molecule has 8 heteroatoms. The van der Waals surface area contributed by atoms with E-state index in [1.807, 2.05) is 6.92 Å². The molecule has 0 bridgehead atoms. The summed E-state index contributed by atoms with van der Waals surface area (Å²) in [5.74, 6) is -3.53. The fourth-order valence-corrected chi connectivity index (χ4v) is 1.56. The first-order valence-electron chi connectivity index (χ1n) is 5.82. The molecule has 1 atom stereocenters. The van der Waals surface area contributed by atoms with Crippen LogP contribution in [0, 0.1) is 0 Å². The summed E-state index contributed by atoms with van der Waals surface area (Å²) >= 11 is 0. The maximum absolute atomic E-state index is 12.7. The van der Waals surface area contributed by atoms with E-state index >= 15 is 0 Å². The molecule has 0 aromatic carbocycles. The molecule has 110 valence electrons. The van der Waals surface area contributed by atoms with Crippen molar-refractivity contribution in [2.75, 3.05) is 19.8 Å². The number of rotatable bonds is 8. The number of alkyl halides is 4. The first kappa shape index (κ1) is 15.9. The summed E-state index contributed by atoms with van der Waals surface area (Å²) in [6.07, 6.45) is -0.459. The number of imidazole rings is 1. The van der Waals surface area contributed by atoms with Crippen molar-refractivity contribution in [3.8, 4) is 0 Å². The van der Waals surface area contributed by atoms with Crippen molar-refractivity contribution >= 4 is 0 Å². The summed E-state index contributed by atoms with van der Waals surface area (Å²) in [5.41, 5.74) is 0. The lowest BCUT2D eigenvalue weighted by atomic mass is 10.3. The molecular formula is C11H17F4N3O. The van der Waals surface area contributed by atoms with Crippen molar-refractivity contribution in [3.63, 3.8) is 0 Å². The van der Waals surface area contributed by atoms with Gasteiger partial charge in [-0.05, 0) is 6.54 Å². The lowest BCUT2D eigenvalue weighted by Crippen LogP contribution is -2.35. The number of hydrogen-bond acceptors (Lipinski definition) is 3. The van der Waals surface area contributed by atoms with Crippen LogP contribution < -0.4 is 5.32 Å². The van der Waals surface area contributed by atoms with E-state index in [9.17, 15) is 17.6 Å². The minimum Gasteiger partial charge on any atom is -0.373 e. The topological polar surface area (TPSA) is 39.1 Å². The minimum atomic E-state index is -4.13. The Balaban J connectivity index is 2.54. The van der Waals surface area contributed by atoms with Crippen LogP contribution in [0.1, 0.15) is 18.8 Å². The van der Waals surface area contributed by atoms with Crippen LogP contribution in [0.3, 0.4) is 0 Å². The molecule has 19 heavy (non-hydrogen) atoms. The fourth-order valence-electron chi connectivity index (χ4n) is 1.56. The molecule has 0 fully saturated rings. The van der Waals surface area contributed by atoms with Crippen molar-refractivity contribution in [1.29, 1.82) is 0 Å². The quantitative estimate of drug-likeness (QED) is 0.742. The van der Waals surface area contributed by atoms with Gasteiger partial charge in [-0.3, -0.25) is 0 Å². The van der Waals surface area contributed by atoms with E-state index in [-0.39, 0.29) is 6.61 Å². The number of likely N-dealkylation sites (N-methyl/N-ethyl adjacent to an activating group) is 1. The van der Waals surface area contributed by atoms with Crippen LogP contribution in [0.15, 0.2) is 12.4 Å². The van der Waals surface area contributed by atoms with Gasteiger partial charge >= 0.3 is 12.3 Å². The van der Waals surface area contributed by atoms with Crippen LogP contribution in [-0.2, 0) is 11.8 Å². The highest BCUT2D eigenvalue weighted by molar-refractivity contribution is 4.98. The van der Waals surface area contributed by atoms with Gasteiger partial charge in [-0.15, -0.1) is 0 Å². The Bertz CT molecular complexity index is 384. The summed E-state index contributed by atoms with van der Waals surface area (Å²) in [6.45, 7) is 0.952. The molecule has 1 heterocycles. The Labute approximate surface area is 108 Å². The Kier molecular flexibility index (Phi) is 5.74. The molecule has 0 aliphatic heterocycles. The molecule has 1 aromatic rings. The second-order valence-electron chi connectivity index (χ2n) is 4.08. The van der Waals surface area contributed by atoms with Crippen LogP contribution in [0.2, 0.25) is 0 Å². The second kappa shape index (κ2) is 6.85. The Morgan fingerprint density at radius 1 is 1.47 bits per heavy atom. The molecule has 0 aliphatic rings. The predicted molar refractivity (Wildman–Crippen MR) is 61.4 cm³/mol. The number of aromatic nitrogens is 2. The molecule has 0 aliphatic carbocycles. The van der Waals surface area contributed by atoms with Crippen LogP contribution in [0.4, 0.5) is 17.6 Å².